The summed E-state index contributed by atoms with van der Waals surface area (Å²) in [5.74, 6) is 3.14. The normalized spacial score (nSPS) is 27.7. The highest BCUT2D eigenvalue weighted by Gasteiger charge is 2.40. The third-order valence-electron chi connectivity index (χ3n) is 7.58. The average molecular weight is 445 g/mol. The highest BCUT2D eigenvalue weighted by molar-refractivity contribution is 5.70. The van der Waals surface area contributed by atoms with Gasteiger partial charge in [-0.1, -0.05) is 13.8 Å². The molecule has 3 aliphatic rings. The van der Waals surface area contributed by atoms with Crippen LogP contribution in [-0.4, -0.2) is 57.4 Å². The molecule has 1 aromatic carbocycles. The first-order valence-electron chi connectivity index (χ1n) is 12.4. The summed E-state index contributed by atoms with van der Waals surface area (Å²) in [7, 11) is 3.40. The zero-order valence-electron chi connectivity index (χ0n) is 20.2. The van der Waals surface area contributed by atoms with Crippen LogP contribution in [-0.2, 0) is 16.0 Å². The van der Waals surface area contributed by atoms with Crippen LogP contribution >= 0.6 is 0 Å². The minimum atomic E-state index is -0.0504. The average Bonchev–Trinajstić information content (AvgIpc) is 3.29. The number of carbonyl (C=O) groups excluding carboxylic acids is 1. The van der Waals surface area contributed by atoms with Gasteiger partial charge in [-0.15, -0.1) is 0 Å². The Bertz CT molecular complexity index is 790. The van der Waals surface area contributed by atoms with Crippen molar-refractivity contribution in [3.63, 3.8) is 0 Å². The number of fused-ring (bicyclic) bond motifs is 3. The lowest BCUT2D eigenvalue weighted by atomic mass is 9.74. The molecule has 32 heavy (non-hydrogen) atoms. The molecule has 2 fully saturated rings. The molecule has 3 aliphatic heterocycles. The fraction of sp³-hybridized carbons (Fsp3) is 0.731. The van der Waals surface area contributed by atoms with Crippen molar-refractivity contribution < 1.29 is 19.0 Å². The van der Waals surface area contributed by atoms with E-state index >= 15 is 0 Å². The van der Waals surface area contributed by atoms with Crippen LogP contribution in [0.25, 0.3) is 0 Å². The second kappa shape index (κ2) is 10.4. The van der Waals surface area contributed by atoms with Crippen LogP contribution < -0.4 is 14.8 Å². The lowest BCUT2D eigenvalue weighted by molar-refractivity contribution is -0.147. The first-order valence-corrected chi connectivity index (χ1v) is 12.4. The number of nitrogens with one attached hydrogen (secondary N) is 1. The number of esters is 1. The van der Waals surface area contributed by atoms with Gasteiger partial charge >= 0.3 is 5.97 Å². The second-order valence-electron chi connectivity index (χ2n) is 10.2. The number of carbonyl (C=O) groups is 1. The summed E-state index contributed by atoms with van der Waals surface area (Å²) in [6, 6.07) is 4.96. The monoisotopic (exact) mass is 444 g/mol. The lowest BCUT2D eigenvalue weighted by Crippen LogP contribution is -2.47. The molecule has 3 heterocycles. The zero-order chi connectivity index (χ0) is 22.7. The van der Waals surface area contributed by atoms with Crippen molar-refractivity contribution in [2.45, 2.75) is 64.5 Å². The van der Waals surface area contributed by atoms with Crippen molar-refractivity contribution in [3.05, 3.63) is 23.3 Å². The molecule has 0 spiro atoms. The molecular weight excluding hydrogens is 404 g/mol. The SMILES string of the molecule is COc1cc2c(cc1OC)[C@H]1C[C@@H](COC(=O)C[C@H]3CCCN3)[C@H](CC(C)C)CN1CC2. The number of hydrogen-bond donors (Lipinski definition) is 1. The molecular formula is C26H40N2O4. The Balaban J connectivity index is 1.48. The van der Waals surface area contributed by atoms with E-state index in [0.717, 1.165) is 56.8 Å². The molecule has 0 radical (unpaired) electrons. The summed E-state index contributed by atoms with van der Waals surface area (Å²) in [6.07, 6.45) is 5.96. The van der Waals surface area contributed by atoms with E-state index in [9.17, 15) is 4.79 Å². The van der Waals surface area contributed by atoms with Gasteiger partial charge in [-0.25, -0.2) is 0 Å². The van der Waals surface area contributed by atoms with Crippen molar-refractivity contribution in [1.29, 1.82) is 0 Å². The molecule has 178 valence electrons. The zero-order valence-corrected chi connectivity index (χ0v) is 20.2. The standard InChI is InChI=1S/C26H40N2O4/c1-17(2)10-19-15-28-9-7-18-12-24(30-3)25(31-4)14-22(18)23(28)11-20(19)16-32-26(29)13-21-6-5-8-27-21/h12,14,17,19-21,23,27H,5-11,13,15-16H2,1-4H3/t19-,20+,21-,23-/m1/s1. The van der Waals surface area contributed by atoms with Crippen molar-refractivity contribution >= 4 is 5.97 Å². The fourth-order valence-corrected chi connectivity index (χ4v) is 5.97. The molecule has 0 saturated carbocycles. The molecule has 0 bridgehead atoms. The van der Waals surface area contributed by atoms with Gasteiger partial charge in [-0.3, -0.25) is 9.69 Å². The smallest absolute Gasteiger partial charge is 0.307 e. The molecule has 0 amide bonds. The van der Waals surface area contributed by atoms with Gasteiger partial charge in [0, 0.05) is 25.2 Å². The van der Waals surface area contributed by atoms with E-state index in [1.807, 2.05) is 0 Å². The van der Waals surface area contributed by atoms with Crippen LogP contribution in [0, 0.1) is 17.8 Å². The Kier molecular flexibility index (Phi) is 7.62. The van der Waals surface area contributed by atoms with Crippen molar-refractivity contribution in [3.8, 4) is 11.5 Å². The summed E-state index contributed by atoms with van der Waals surface area (Å²) < 4.78 is 17.0. The predicted molar refractivity (Wildman–Crippen MR) is 125 cm³/mol. The second-order valence-corrected chi connectivity index (χ2v) is 10.2. The molecule has 2 saturated heterocycles. The first-order chi connectivity index (χ1) is 15.5. The van der Waals surface area contributed by atoms with E-state index in [1.54, 1.807) is 14.2 Å². The maximum atomic E-state index is 12.5. The fourth-order valence-electron chi connectivity index (χ4n) is 5.97. The van der Waals surface area contributed by atoms with Crippen LogP contribution in [0.1, 0.15) is 63.1 Å². The number of nitrogens with zero attached hydrogens (tertiary/aromatic N) is 1. The van der Waals surface area contributed by atoms with Gasteiger partial charge < -0.3 is 19.5 Å². The number of benzene rings is 1. The quantitative estimate of drug-likeness (QED) is 0.612. The minimum absolute atomic E-state index is 0.0504. The first kappa shape index (κ1) is 23.4. The van der Waals surface area contributed by atoms with E-state index in [1.165, 1.54) is 17.5 Å². The summed E-state index contributed by atoms with van der Waals surface area (Å²) in [5, 5.41) is 3.40. The third kappa shape index (κ3) is 5.23. The maximum Gasteiger partial charge on any atom is 0.307 e. The number of hydrogen-bond acceptors (Lipinski definition) is 6. The lowest BCUT2D eigenvalue weighted by Gasteiger charge is -2.47. The molecule has 6 heteroatoms. The maximum absolute atomic E-state index is 12.5. The Morgan fingerprint density at radius 2 is 1.97 bits per heavy atom. The van der Waals surface area contributed by atoms with Gasteiger partial charge in [0.2, 0.25) is 0 Å². The Labute approximate surface area is 193 Å². The highest BCUT2D eigenvalue weighted by Crippen LogP contribution is 2.45. The van der Waals surface area contributed by atoms with Gasteiger partial charge in [0.05, 0.1) is 27.2 Å². The predicted octanol–water partition coefficient (Wildman–Crippen LogP) is 3.97. The molecule has 0 aliphatic carbocycles. The van der Waals surface area contributed by atoms with Gasteiger partial charge in [-0.05, 0) is 79.7 Å². The van der Waals surface area contributed by atoms with Crippen molar-refractivity contribution in [1.82, 2.24) is 10.2 Å². The largest absolute Gasteiger partial charge is 0.493 e. The molecule has 1 aromatic rings. The molecule has 6 nitrogen and oxygen atoms in total. The molecule has 4 atom stereocenters. The molecule has 1 N–H and O–H groups in total. The summed E-state index contributed by atoms with van der Waals surface area (Å²) >= 11 is 0. The highest BCUT2D eigenvalue weighted by atomic mass is 16.5. The summed E-state index contributed by atoms with van der Waals surface area (Å²) in [4.78, 5) is 15.1. The Hall–Kier alpha value is -1.79. The van der Waals surface area contributed by atoms with Crippen LogP contribution in [0.2, 0.25) is 0 Å². The minimum Gasteiger partial charge on any atom is -0.493 e. The van der Waals surface area contributed by atoms with Crippen LogP contribution in [0.15, 0.2) is 12.1 Å². The molecule has 0 unspecified atom stereocenters. The number of piperidine rings is 1. The van der Waals surface area contributed by atoms with E-state index in [0.29, 0.717) is 42.9 Å². The van der Waals surface area contributed by atoms with Gasteiger partial charge in [0.15, 0.2) is 11.5 Å². The third-order valence-corrected chi connectivity index (χ3v) is 7.58. The topological polar surface area (TPSA) is 60.0 Å². The Morgan fingerprint density at radius 1 is 1.19 bits per heavy atom. The number of ether oxygens (including phenoxy) is 3. The van der Waals surface area contributed by atoms with Gasteiger partial charge in [-0.2, -0.15) is 0 Å². The van der Waals surface area contributed by atoms with Gasteiger partial charge in [0.25, 0.3) is 0 Å². The molecule has 0 aromatic heterocycles. The number of rotatable bonds is 8. The van der Waals surface area contributed by atoms with Crippen LogP contribution in [0.4, 0.5) is 0 Å². The Morgan fingerprint density at radius 3 is 2.66 bits per heavy atom. The van der Waals surface area contributed by atoms with E-state index < -0.39 is 0 Å². The summed E-state index contributed by atoms with van der Waals surface area (Å²) in [5.41, 5.74) is 2.71. The van der Waals surface area contributed by atoms with Crippen molar-refractivity contribution in [2.75, 3.05) is 40.5 Å². The van der Waals surface area contributed by atoms with Crippen LogP contribution in [0.3, 0.4) is 0 Å². The summed E-state index contributed by atoms with van der Waals surface area (Å²) in [6.45, 7) is 8.29. The van der Waals surface area contributed by atoms with Crippen molar-refractivity contribution in [2.24, 2.45) is 17.8 Å². The number of methoxy groups -OCH3 is 2. The van der Waals surface area contributed by atoms with E-state index in [2.05, 4.69) is 36.2 Å². The van der Waals surface area contributed by atoms with Gasteiger partial charge in [0.1, 0.15) is 0 Å². The van der Waals surface area contributed by atoms with E-state index in [-0.39, 0.29) is 5.97 Å². The van der Waals surface area contributed by atoms with Crippen LogP contribution in [0.5, 0.6) is 11.5 Å². The van der Waals surface area contributed by atoms with E-state index in [4.69, 9.17) is 14.2 Å². The molecule has 4 rings (SSSR count).